The number of hydrogen-bond acceptors (Lipinski definition) is 0. The Morgan fingerprint density at radius 2 is 0.316 bits per heavy atom. The van der Waals surface area contributed by atoms with E-state index in [1.807, 2.05) is 0 Å². The molecule has 0 aromatic carbocycles. The van der Waals surface area contributed by atoms with Gasteiger partial charge in [0.25, 0.3) is 0 Å². The molecule has 6 rings (SSSR count). The van der Waals surface area contributed by atoms with Crippen molar-refractivity contribution in [3.8, 4) is 0 Å². The monoisotopic (exact) mass is 740 g/mol. The summed E-state index contributed by atoms with van der Waals surface area (Å²) in [6.45, 7) is 0. The van der Waals surface area contributed by atoms with Crippen molar-refractivity contribution in [3.05, 3.63) is 0 Å². The number of rotatable bonds is 6. The second kappa shape index (κ2) is 17.7. The Labute approximate surface area is 253 Å². The van der Waals surface area contributed by atoms with Gasteiger partial charge in [-0.25, -0.2) is 0 Å². The fourth-order valence-electron chi connectivity index (χ4n) is 11.4. The molecule has 0 saturated heterocycles. The standard InChI is InChI=1S/6C6H11.2Sn.2H/c6*1-2-4-6-5-3-1;;;;/h6*1H,2-6H2;;;;. The summed E-state index contributed by atoms with van der Waals surface area (Å²) < 4.78 is 8.01. The molecule has 2 heteroatoms. The van der Waals surface area contributed by atoms with E-state index in [0.717, 1.165) is 0 Å². The van der Waals surface area contributed by atoms with Crippen LogP contribution in [0.4, 0.5) is 0 Å². The average molecular weight is 738 g/mol. The van der Waals surface area contributed by atoms with Crippen molar-refractivity contribution in [2.24, 2.45) is 0 Å². The third-order valence-electron chi connectivity index (χ3n) is 13.2. The molecule has 0 spiro atoms. The second-order valence-electron chi connectivity index (χ2n) is 15.5. The van der Waals surface area contributed by atoms with Crippen LogP contribution >= 0.6 is 0 Å². The minimum absolute atomic E-state index is 1.31. The molecule has 0 atom stereocenters. The van der Waals surface area contributed by atoms with Gasteiger partial charge in [-0.15, -0.1) is 0 Å². The molecule has 0 bridgehead atoms. The summed E-state index contributed by atoms with van der Waals surface area (Å²) in [6.07, 6.45) is 48.6. The first-order valence-corrected chi connectivity index (χ1v) is 30.3. The van der Waals surface area contributed by atoms with Crippen molar-refractivity contribution in [3.63, 3.8) is 0 Å². The molecule has 0 aliphatic heterocycles. The Bertz CT molecular complexity index is 457. The van der Waals surface area contributed by atoms with Gasteiger partial charge < -0.3 is 0 Å². The Morgan fingerprint density at radius 3 is 0.447 bits per heavy atom. The van der Waals surface area contributed by atoms with Crippen molar-refractivity contribution in [1.82, 2.24) is 0 Å². The molecular weight excluding hydrogens is 670 g/mol. The maximum atomic E-state index is 1.67. The van der Waals surface area contributed by atoms with Gasteiger partial charge in [-0.3, -0.25) is 0 Å². The van der Waals surface area contributed by atoms with Crippen molar-refractivity contribution in [1.29, 1.82) is 0 Å². The molecule has 6 aliphatic rings. The predicted molar refractivity (Wildman–Crippen MR) is 175 cm³/mol. The molecule has 38 heavy (non-hydrogen) atoms. The van der Waals surface area contributed by atoms with Crippen molar-refractivity contribution >= 4 is 39.5 Å². The predicted octanol–water partition coefficient (Wildman–Crippen LogP) is 12.4. The first-order valence-electron chi connectivity index (χ1n) is 18.9. The van der Waals surface area contributed by atoms with Gasteiger partial charge in [0.15, 0.2) is 0 Å². The van der Waals surface area contributed by atoms with Crippen LogP contribution in [-0.2, 0) is 0 Å². The van der Waals surface area contributed by atoms with Crippen LogP contribution in [0.2, 0.25) is 23.6 Å². The van der Waals surface area contributed by atoms with E-state index in [2.05, 4.69) is 0 Å². The first kappa shape index (κ1) is 31.0. The summed E-state index contributed by atoms with van der Waals surface area (Å²) in [4.78, 5) is 0. The minimum atomic E-state index is -1.31. The molecular formula is C36H68Sn2. The Kier molecular flexibility index (Phi) is 14.4. The van der Waals surface area contributed by atoms with Crippen LogP contribution in [0.15, 0.2) is 0 Å². The van der Waals surface area contributed by atoms with Crippen LogP contribution in [0, 0.1) is 0 Å². The molecule has 6 fully saturated rings. The molecule has 0 N–H and O–H groups in total. The first-order chi connectivity index (χ1) is 18.9. The van der Waals surface area contributed by atoms with Gasteiger partial charge in [0.1, 0.15) is 0 Å². The van der Waals surface area contributed by atoms with Crippen LogP contribution < -0.4 is 0 Å². The Hall–Kier alpha value is 1.60. The van der Waals surface area contributed by atoms with Gasteiger partial charge in [0.05, 0.1) is 0 Å². The van der Waals surface area contributed by atoms with Gasteiger partial charge >= 0.3 is 256 Å². The Balaban J connectivity index is 0.000000155. The van der Waals surface area contributed by atoms with E-state index in [1.165, 1.54) is 23.6 Å². The molecule has 0 aromatic rings. The molecule has 0 nitrogen and oxygen atoms in total. The van der Waals surface area contributed by atoms with E-state index in [9.17, 15) is 0 Å². The van der Waals surface area contributed by atoms with E-state index in [1.54, 1.807) is 193 Å². The third-order valence-corrected chi connectivity index (χ3v) is 43.2. The molecule has 6 aliphatic carbocycles. The second-order valence-corrected chi connectivity index (χ2v) is 38.3. The average Bonchev–Trinajstić information content (AvgIpc) is 3.01. The van der Waals surface area contributed by atoms with Crippen LogP contribution in [-0.4, -0.2) is 39.5 Å². The molecule has 0 heterocycles. The number of hydrogen-bond donors (Lipinski definition) is 0. The molecule has 0 aromatic heterocycles. The van der Waals surface area contributed by atoms with Crippen molar-refractivity contribution < 1.29 is 0 Å². The summed E-state index contributed by atoms with van der Waals surface area (Å²) in [5.41, 5.74) is 0. The quantitative estimate of drug-likeness (QED) is 0.238. The summed E-state index contributed by atoms with van der Waals surface area (Å²) in [6, 6.07) is 0. The van der Waals surface area contributed by atoms with Gasteiger partial charge in [-0.2, -0.15) is 0 Å². The van der Waals surface area contributed by atoms with Gasteiger partial charge in [0, 0.05) is 0 Å². The Morgan fingerprint density at radius 1 is 0.184 bits per heavy atom. The molecule has 0 radical (unpaired) electrons. The van der Waals surface area contributed by atoms with Gasteiger partial charge in [0.2, 0.25) is 0 Å². The summed E-state index contributed by atoms with van der Waals surface area (Å²) >= 11 is -2.61. The van der Waals surface area contributed by atoms with Crippen LogP contribution in [0.1, 0.15) is 193 Å². The zero-order valence-corrected chi connectivity index (χ0v) is 32.4. The van der Waals surface area contributed by atoms with E-state index in [4.69, 9.17) is 0 Å². The topological polar surface area (TPSA) is 0 Å². The van der Waals surface area contributed by atoms with E-state index >= 15 is 0 Å². The van der Waals surface area contributed by atoms with E-state index in [-0.39, 0.29) is 0 Å². The van der Waals surface area contributed by atoms with Crippen molar-refractivity contribution in [2.45, 2.75) is 216 Å². The molecule has 6 saturated carbocycles. The van der Waals surface area contributed by atoms with E-state index < -0.39 is 39.5 Å². The van der Waals surface area contributed by atoms with Crippen LogP contribution in [0.3, 0.4) is 0 Å². The summed E-state index contributed by atoms with van der Waals surface area (Å²) in [5, 5.41) is 0. The van der Waals surface area contributed by atoms with E-state index in [0.29, 0.717) is 0 Å². The fourth-order valence-corrected chi connectivity index (χ4v) is 45.9. The van der Waals surface area contributed by atoms with Crippen LogP contribution in [0.25, 0.3) is 0 Å². The normalized spacial score (nSPS) is 28.9. The molecule has 0 unspecified atom stereocenters. The SMILES string of the molecule is C1CC[CH]([SnH]([CH]2CCCCC2)[CH]2CCCCC2)CC1.C1CC[CH]([SnH]([CH]2CCCCC2)[CH]2CCCCC2)CC1. The third kappa shape index (κ3) is 9.30. The molecule has 220 valence electrons. The molecule has 0 amide bonds. The zero-order chi connectivity index (χ0) is 25.8. The summed E-state index contributed by atoms with van der Waals surface area (Å²) in [5.74, 6) is 0. The van der Waals surface area contributed by atoms with Crippen molar-refractivity contribution in [2.75, 3.05) is 0 Å². The van der Waals surface area contributed by atoms with Gasteiger partial charge in [-0.05, 0) is 0 Å². The fraction of sp³-hybridized carbons (Fsp3) is 1.00. The zero-order valence-electron chi connectivity index (χ0n) is 25.8. The van der Waals surface area contributed by atoms with Crippen LogP contribution in [0.5, 0.6) is 0 Å². The maximum absolute atomic E-state index is 1.67. The summed E-state index contributed by atoms with van der Waals surface area (Å²) in [7, 11) is 0. The van der Waals surface area contributed by atoms with Gasteiger partial charge in [-0.1, -0.05) is 0 Å².